The van der Waals surface area contributed by atoms with Crippen LogP contribution in [0.15, 0.2) is 53.5 Å². The topological polar surface area (TPSA) is 74.8 Å². The first-order valence-electron chi connectivity index (χ1n) is 9.51. The van der Waals surface area contributed by atoms with Crippen molar-refractivity contribution in [3.8, 4) is 5.75 Å². The molecule has 1 amide bonds. The Morgan fingerprint density at radius 2 is 1.90 bits per heavy atom. The number of nitrogens with zero attached hydrogens (tertiary/aromatic N) is 1. The van der Waals surface area contributed by atoms with Gasteiger partial charge in [-0.05, 0) is 49.6 Å². The van der Waals surface area contributed by atoms with E-state index in [1.54, 1.807) is 14.1 Å². The normalized spacial score (nSPS) is 11.8. The maximum atomic E-state index is 11.7. The number of benzene rings is 2. The van der Waals surface area contributed by atoms with Crippen molar-refractivity contribution in [2.75, 3.05) is 27.2 Å². The Morgan fingerprint density at radius 1 is 1.14 bits per heavy atom. The number of amides is 1. The fraction of sp³-hybridized carbons (Fsp3) is 0.364. The molecule has 7 heteroatoms. The molecule has 0 saturated carbocycles. The van der Waals surface area contributed by atoms with Crippen LogP contribution >= 0.6 is 24.0 Å². The second-order valence-corrected chi connectivity index (χ2v) is 6.60. The van der Waals surface area contributed by atoms with Crippen LogP contribution in [0.1, 0.15) is 28.4 Å². The molecule has 0 spiro atoms. The molecule has 1 atom stereocenters. The van der Waals surface area contributed by atoms with E-state index >= 15 is 0 Å². The van der Waals surface area contributed by atoms with Gasteiger partial charge in [0.05, 0.1) is 6.54 Å². The van der Waals surface area contributed by atoms with Crippen LogP contribution in [0.2, 0.25) is 0 Å². The minimum Gasteiger partial charge on any atom is -0.489 e. The summed E-state index contributed by atoms with van der Waals surface area (Å²) in [4.78, 5) is 16.0. The second kappa shape index (κ2) is 13.0. The highest BCUT2D eigenvalue weighted by atomic mass is 127. The Kier molecular flexibility index (Phi) is 11.1. The van der Waals surface area contributed by atoms with Crippen LogP contribution in [0.4, 0.5) is 0 Å². The third-order valence-corrected chi connectivity index (χ3v) is 4.32. The molecule has 1 unspecified atom stereocenters. The summed E-state index contributed by atoms with van der Waals surface area (Å²) in [6, 6.07) is 15.6. The minimum atomic E-state index is -0.0741. The van der Waals surface area contributed by atoms with Crippen molar-refractivity contribution in [3.05, 3.63) is 65.2 Å². The molecule has 0 bridgehead atoms. The zero-order chi connectivity index (χ0) is 20.4. The second-order valence-electron chi connectivity index (χ2n) is 6.60. The molecule has 0 heterocycles. The molecular formula is C22H31IN4O2. The molecule has 2 aromatic carbocycles. The summed E-state index contributed by atoms with van der Waals surface area (Å²) in [5.41, 5.74) is 2.89. The number of nitrogens with one attached hydrogen (secondary N) is 3. The number of guanidine groups is 1. The molecule has 2 aromatic rings. The first-order valence-corrected chi connectivity index (χ1v) is 9.51. The number of halogens is 1. The summed E-state index contributed by atoms with van der Waals surface area (Å²) >= 11 is 0. The molecule has 0 radical (unpaired) electrons. The van der Waals surface area contributed by atoms with Gasteiger partial charge in [0.1, 0.15) is 11.9 Å². The summed E-state index contributed by atoms with van der Waals surface area (Å²) in [5, 5.41) is 9.22. The van der Waals surface area contributed by atoms with E-state index in [1.165, 1.54) is 0 Å². The third-order valence-electron chi connectivity index (χ3n) is 4.32. The smallest absolute Gasteiger partial charge is 0.251 e. The fourth-order valence-corrected chi connectivity index (χ4v) is 2.75. The number of hydrogen-bond donors (Lipinski definition) is 3. The first kappa shape index (κ1) is 24.7. The van der Waals surface area contributed by atoms with Crippen LogP contribution < -0.4 is 20.7 Å². The van der Waals surface area contributed by atoms with Crippen LogP contribution in [0.25, 0.3) is 0 Å². The highest BCUT2D eigenvalue weighted by molar-refractivity contribution is 14.0. The van der Waals surface area contributed by atoms with E-state index in [0.29, 0.717) is 18.7 Å². The number of para-hydroxylation sites is 1. The molecule has 0 aliphatic carbocycles. The summed E-state index contributed by atoms with van der Waals surface area (Å²) in [6.45, 7) is 5.41. The van der Waals surface area contributed by atoms with Gasteiger partial charge in [0.2, 0.25) is 0 Å². The van der Waals surface area contributed by atoms with E-state index in [0.717, 1.165) is 29.3 Å². The lowest BCUT2D eigenvalue weighted by Gasteiger charge is -2.18. The predicted octanol–water partition coefficient (Wildman–Crippen LogP) is 3.15. The van der Waals surface area contributed by atoms with Gasteiger partial charge >= 0.3 is 0 Å². The number of carbonyl (C=O) groups excluding carboxylic acids is 1. The van der Waals surface area contributed by atoms with Gasteiger partial charge < -0.3 is 20.7 Å². The molecule has 3 N–H and O–H groups in total. The summed E-state index contributed by atoms with van der Waals surface area (Å²) in [7, 11) is 3.38. The summed E-state index contributed by atoms with van der Waals surface area (Å²) in [6.07, 6.45) is 0.796. The summed E-state index contributed by atoms with van der Waals surface area (Å²) < 4.78 is 5.98. The van der Waals surface area contributed by atoms with Gasteiger partial charge in [-0.25, -0.2) is 0 Å². The van der Waals surface area contributed by atoms with Crippen LogP contribution in [-0.2, 0) is 6.42 Å². The van der Waals surface area contributed by atoms with E-state index in [2.05, 4.69) is 20.9 Å². The highest BCUT2D eigenvalue weighted by Crippen LogP contribution is 2.17. The van der Waals surface area contributed by atoms with Crippen molar-refractivity contribution >= 4 is 35.8 Å². The third kappa shape index (κ3) is 8.31. The maximum Gasteiger partial charge on any atom is 0.251 e. The van der Waals surface area contributed by atoms with E-state index in [4.69, 9.17) is 4.74 Å². The Morgan fingerprint density at radius 3 is 2.59 bits per heavy atom. The van der Waals surface area contributed by atoms with Crippen molar-refractivity contribution in [2.24, 2.45) is 4.99 Å². The van der Waals surface area contributed by atoms with E-state index in [9.17, 15) is 4.79 Å². The van der Waals surface area contributed by atoms with Crippen molar-refractivity contribution in [3.63, 3.8) is 0 Å². The predicted molar refractivity (Wildman–Crippen MR) is 130 cm³/mol. The lowest BCUT2D eigenvalue weighted by Crippen LogP contribution is -2.42. The lowest BCUT2D eigenvalue weighted by atomic mass is 10.1. The van der Waals surface area contributed by atoms with Crippen molar-refractivity contribution in [2.45, 2.75) is 26.4 Å². The van der Waals surface area contributed by atoms with Crippen molar-refractivity contribution < 1.29 is 9.53 Å². The fourth-order valence-electron chi connectivity index (χ4n) is 2.75. The number of aryl methyl sites for hydroxylation is 1. The molecule has 6 nitrogen and oxygen atoms in total. The van der Waals surface area contributed by atoms with Gasteiger partial charge in [0, 0.05) is 26.2 Å². The van der Waals surface area contributed by atoms with Crippen LogP contribution in [-0.4, -0.2) is 45.2 Å². The molecular weight excluding hydrogens is 479 g/mol. The Balaban J connectivity index is 0.00000420. The van der Waals surface area contributed by atoms with Gasteiger partial charge in [-0.15, -0.1) is 24.0 Å². The Bertz CT molecular complexity index is 811. The van der Waals surface area contributed by atoms with E-state index < -0.39 is 0 Å². The number of hydrogen-bond acceptors (Lipinski definition) is 3. The quantitative estimate of drug-likeness (QED) is 0.290. The molecule has 2 rings (SSSR count). The van der Waals surface area contributed by atoms with E-state index in [-0.39, 0.29) is 36.0 Å². The standard InChI is InChI=1S/C22H30N4O2.HI/c1-16-8-5-6-11-20(16)28-17(2)15-26-22(24-4)25-13-12-18-9-7-10-19(14-18)21(27)23-3;/h5-11,14,17H,12-13,15H2,1-4H3,(H,23,27)(H2,24,25,26);1H. The molecule has 0 aliphatic rings. The number of ether oxygens (including phenoxy) is 1. The summed E-state index contributed by atoms with van der Waals surface area (Å²) in [5.74, 6) is 1.55. The lowest BCUT2D eigenvalue weighted by molar-refractivity contribution is 0.0963. The molecule has 0 aromatic heterocycles. The largest absolute Gasteiger partial charge is 0.489 e. The molecule has 0 fully saturated rings. The zero-order valence-electron chi connectivity index (χ0n) is 17.5. The SMILES string of the molecule is CN=C(NCCc1cccc(C(=O)NC)c1)NCC(C)Oc1ccccc1C.I. The van der Waals surface area contributed by atoms with Gasteiger partial charge in [0.15, 0.2) is 5.96 Å². The maximum absolute atomic E-state index is 11.7. The number of aliphatic imine (C=N–C) groups is 1. The van der Waals surface area contributed by atoms with Crippen LogP contribution in [0.5, 0.6) is 5.75 Å². The molecule has 0 aliphatic heterocycles. The van der Waals surface area contributed by atoms with Crippen molar-refractivity contribution in [1.29, 1.82) is 0 Å². The number of carbonyl (C=O) groups is 1. The van der Waals surface area contributed by atoms with Gasteiger partial charge in [-0.3, -0.25) is 9.79 Å². The Hall–Kier alpha value is -2.29. The average Bonchev–Trinajstić information content (AvgIpc) is 2.71. The molecule has 158 valence electrons. The van der Waals surface area contributed by atoms with Gasteiger partial charge in [0.25, 0.3) is 5.91 Å². The number of rotatable bonds is 8. The zero-order valence-corrected chi connectivity index (χ0v) is 19.8. The molecule has 29 heavy (non-hydrogen) atoms. The first-order chi connectivity index (χ1) is 13.5. The van der Waals surface area contributed by atoms with Crippen LogP contribution in [0.3, 0.4) is 0 Å². The van der Waals surface area contributed by atoms with Gasteiger partial charge in [-0.1, -0.05) is 30.3 Å². The molecule has 0 saturated heterocycles. The van der Waals surface area contributed by atoms with Gasteiger partial charge in [-0.2, -0.15) is 0 Å². The van der Waals surface area contributed by atoms with Crippen LogP contribution in [0, 0.1) is 6.92 Å². The highest BCUT2D eigenvalue weighted by Gasteiger charge is 2.08. The minimum absolute atomic E-state index is 0. The van der Waals surface area contributed by atoms with E-state index in [1.807, 2.05) is 62.4 Å². The van der Waals surface area contributed by atoms with Crippen molar-refractivity contribution in [1.82, 2.24) is 16.0 Å². The average molecular weight is 510 g/mol. The monoisotopic (exact) mass is 510 g/mol. The Labute approximate surface area is 190 Å².